The fraction of sp³-hybridized carbons (Fsp3) is 0.214. The lowest BCUT2D eigenvalue weighted by atomic mass is 9.95. The van der Waals surface area contributed by atoms with Gasteiger partial charge >= 0.3 is 0 Å². The maximum Gasteiger partial charge on any atom is 0.172 e. The van der Waals surface area contributed by atoms with E-state index in [0.29, 0.717) is 17.9 Å². The van der Waals surface area contributed by atoms with Gasteiger partial charge in [0.2, 0.25) is 0 Å². The van der Waals surface area contributed by atoms with Crippen LogP contribution in [0.5, 0.6) is 5.75 Å². The molecule has 0 radical (unpaired) electrons. The highest BCUT2D eigenvalue weighted by Gasteiger charge is 2.25. The SMILES string of the molecule is CC1COc2cc(-c3ccco3)ccc2C1=O. The number of hydrogen-bond acceptors (Lipinski definition) is 3. The lowest BCUT2D eigenvalue weighted by Gasteiger charge is -2.21. The molecule has 0 fully saturated rings. The number of furan rings is 1. The van der Waals surface area contributed by atoms with Crippen molar-refractivity contribution in [2.45, 2.75) is 6.92 Å². The number of ketones is 1. The van der Waals surface area contributed by atoms with Crippen molar-refractivity contribution in [3.05, 3.63) is 42.2 Å². The highest BCUT2D eigenvalue weighted by Crippen LogP contribution is 2.32. The van der Waals surface area contributed by atoms with Crippen molar-refractivity contribution in [2.75, 3.05) is 6.61 Å². The summed E-state index contributed by atoms with van der Waals surface area (Å²) in [4.78, 5) is 11.9. The Labute approximate surface area is 99.0 Å². The zero-order chi connectivity index (χ0) is 11.8. The van der Waals surface area contributed by atoms with Crippen LogP contribution in [0.4, 0.5) is 0 Å². The van der Waals surface area contributed by atoms with Gasteiger partial charge in [0.25, 0.3) is 0 Å². The highest BCUT2D eigenvalue weighted by atomic mass is 16.5. The van der Waals surface area contributed by atoms with Gasteiger partial charge in [-0.05, 0) is 24.3 Å². The van der Waals surface area contributed by atoms with Gasteiger partial charge in [-0.25, -0.2) is 0 Å². The normalized spacial score (nSPS) is 18.6. The van der Waals surface area contributed by atoms with Crippen molar-refractivity contribution < 1.29 is 13.9 Å². The van der Waals surface area contributed by atoms with Gasteiger partial charge in [-0.3, -0.25) is 4.79 Å². The van der Waals surface area contributed by atoms with E-state index < -0.39 is 0 Å². The van der Waals surface area contributed by atoms with Gasteiger partial charge in [-0.15, -0.1) is 0 Å². The third-order valence-corrected chi connectivity index (χ3v) is 2.99. The van der Waals surface area contributed by atoms with Gasteiger partial charge in [0.15, 0.2) is 5.78 Å². The molecule has 2 heterocycles. The van der Waals surface area contributed by atoms with E-state index in [2.05, 4.69) is 0 Å². The number of ether oxygens (including phenoxy) is 1. The van der Waals surface area contributed by atoms with Crippen molar-refractivity contribution in [3.63, 3.8) is 0 Å². The fourth-order valence-electron chi connectivity index (χ4n) is 2.00. The monoisotopic (exact) mass is 228 g/mol. The number of fused-ring (bicyclic) bond motifs is 1. The van der Waals surface area contributed by atoms with Gasteiger partial charge in [0.1, 0.15) is 11.5 Å². The third kappa shape index (κ3) is 1.64. The lowest BCUT2D eigenvalue weighted by Crippen LogP contribution is -2.25. The van der Waals surface area contributed by atoms with Gasteiger partial charge in [-0.2, -0.15) is 0 Å². The summed E-state index contributed by atoms with van der Waals surface area (Å²) in [6.07, 6.45) is 1.63. The first-order valence-electron chi connectivity index (χ1n) is 5.60. The van der Waals surface area contributed by atoms with Crippen LogP contribution in [0, 0.1) is 5.92 Å². The molecular formula is C14H12O3. The van der Waals surface area contributed by atoms with E-state index in [1.54, 1.807) is 6.26 Å². The quantitative estimate of drug-likeness (QED) is 0.752. The summed E-state index contributed by atoms with van der Waals surface area (Å²) in [5, 5.41) is 0. The molecule has 3 heteroatoms. The molecule has 0 saturated heterocycles. The molecule has 2 aromatic rings. The van der Waals surface area contributed by atoms with E-state index in [-0.39, 0.29) is 11.7 Å². The molecule has 0 amide bonds. The molecule has 17 heavy (non-hydrogen) atoms. The van der Waals surface area contributed by atoms with E-state index in [1.807, 2.05) is 37.3 Å². The second-order valence-electron chi connectivity index (χ2n) is 4.26. The number of benzene rings is 1. The maximum atomic E-state index is 11.9. The summed E-state index contributed by atoms with van der Waals surface area (Å²) in [5.74, 6) is 1.53. The highest BCUT2D eigenvalue weighted by molar-refractivity contribution is 6.01. The van der Waals surface area contributed by atoms with E-state index in [4.69, 9.17) is 9.15 Å². The van der Waals surface area contributed by atoms with Crippen LogP contribution in [0.2, 0.25) is 0 Å². The number of carbonyl (C=O) groups is 1. The smallest absolute Gasteiger partial charge is 0.172 e. The number of carbonyl (C=O) groups excluding carboxylic acids is 1. The van der Waals surface area contributed by atoms with Crippen molar-refractivity contribution in [2.24, 2.45) is 5.92 Å². The molecule has 1 aromatic heterocycles. The topological polar surface area (TPSA) is 39.4 Å². The zero-order valence-electron chi connectivity index (χ0n) is 9.47. The van der Waals surface area contributed by atoms with Gasteiger partial charge < -0.3 is 9.15 Å². The minimum Gasteiger partial charge on any atom is -0.492 e. The molecule has 86 valence electrons. The standard InChI is InChI=1S/C14H12O3/c1-9-8-17-13-7-10(12-3-2-6-16-12)4-5-11(13)14(9)15/h2-7,9H,8H2,1H3. The molecule has 0 aliphatic carbocycles. The predicted octanol–water partition coefficient (Wildman–Crippen LogP) is 3.16. The van der Waals surface area contributed by atoms with Crippen molar-refractivity contribution >= 4 is 5.78 Å². The second kappa shape index (κ2) is 3.77. The van der Waals surface area contributed by atoms with E-state index in [1.165, 1.54) is 0 Å². The van der Waals surface area contributed by atoms with Gasteiger partial charge in [0, 0.05) is 5.56 Å². The minimum atomic E-state index is -0.0584. The third-order valence-electron chi connectivity index (χ3n) is 2.99. The van der Waals surface area contributed by atoms with Crippen LogP contribution < -0.4 is 4.74 Å². The molecule has 0 saturated carbocycles. The van der Waals surface area contributed by atoms with Crippen LogP contribution >= 0.6 is 0 Å². The van der Waals surface area contributed by atoms with Crippen molar-refractivity contribution in [3.8, 4) is 17.1 Å². The lowest BCUT2D eigenvalue weighted by molar-refractivity contribution is 0.0849. The summed E-state index contributed by atoms with van der Waals surface area (Å²) in [6.45, 7) is 2.33. The summed E-state index contributed by atoms with van der Waals surface area (Å²) in [7, 11) is 0. The molecule has 0 N–H and O–H groups in total. The number of hydrogen-bond donors (Lipinski definition) is 0. The summed E-state index contributed by atoms with van der Waals surface area (Å²) in [5.41, 5.74) is 1.59. The molecule has 1 aliphatic rings. The van der Waals surface area contributed by atoms with Crippen molar-refractivity contribution in [1.29, 1.82) is 0 Å². The Morgan fingerprint density at radius 2 is 2.18 bits per heavy atom. The zero-order valence-corrected chi connectivity index (χ0v) is 9.47. The van der Waals surface area contributed by atoms with Crippen LogP contribution in [0.3, 0.4) is 0 Å². The predicted molar refractivity (Wildman–Crippen MR) is 63.1 cm³/mol. The molecule has 1 atom stereocenters. The fourth-order valence-corrected chi connectivity index (χ4v) is 2.00. The Balaban J connectivity index is 2.06. The van der Waals surface area contributed by atoms with E-state index >= 15 is 0 Å². The number of Topliss-reactive ketones (excluding diaryl/α,β-unsaturated/α-hetero) is 1. The first kappa shape index (κ1) is 10.1. The molecule has 1 aromatic carbocycles. The first-order chi connectivity index (χ1) is 8.25. The number of rotatable bonds is 1. The minimum absolute atomic E-state index is 0.0584. The summed E-state index contributed by atoms with van der Waals surface area (Å²) >= 11 is 0. The maximum absolute atomic E-state index is 11.9. The summed E-state index contributed by atoms with van der Waals surface area (Å²) < 4.78 is 10.9. The second-order valence-corrected chi connectivity index (χ2v) is 4.26. The first-order valence-corrected chi connectivity index (χ1v) is 5.60. The molecular weight excluding hydrogens is 216 g/mol. The Kier molecular flexibility index (Phi) is 2.25. The Morgan fingerprint density at radius 3 is 2.94 bits per heavy atom. The average molecular weight is 228 g/mol. The van der Waals surface area contributed by atoms with Crippen LogP contribution in [-0.4, -0.2) is 12.4 Å². The van der Waals surface area contributed by atoms with E-state index in [0.717, 1.165) is 11.3 Å². The Morgan fingerprint density at radius 1 is 1.29 bits per heavy atom. The van der Waals surface area contributed by atoms with Gasteiger partial charge in [-0.1, -0.05) is 13.0 Å². The van der Waals surface area contributed by atoms with Gasteiger partial charge in [0.05, 0.1) is 24.4 Å². The largest absolute Gasteiger partial charge is 0.492 e. The molecule has 3 nitrogen and oxygen atoms in total. The molecule has 0 bridgehead atoms. The Hall–Kier alpha value is -2.03. The van der Waals surface area contributed by atoms with Crippen LogP contribution in [-0.2, 0) is 0 Å². The molecule has 0 spiro atoms. The molecule has 3 rings (SSSR count). The van der Waals surface area contributed by atoms with Crippen LogP contribution in [0.1, 0.15) is 17.3 Å². The van der Waals surface area contributed by atoms with Crippen LogP contribution in [0.15, 0.2) is 41.0 Å². The average Bonchev–Trinajstić information content (AvgIpc) is 2.87. The van der Waals surface area contributed by atoms with Crippen molar-refractivity contribution in [1.82, 2.24) is 0 Å². The molecule has 1 aliphatic heterocycles. The molecule has 1 unspecified atom stereocenters. The summed E-state index contributed by atoms with van der Waals surface area (Å²) in [6, 6.07) is 9.28. The van der Waals surface area contributed by atoms with Crippen LogP contribution in [0.25, 0.3) is 11.3 Å². The van der Waals surface area contributed by atoms with E-state index in [9.17, 15) is 4.79 Å². The Bertz CT molecular complexity index is 555.